The maximum atomic E-state index is 12.4. The smallest absolute Gasteiger partial charge is 0.410 e. The van der Waals surface area contributed by atoms with E-state index in [1.165, 1.54) is 0 Å². The Morgan fingerprint density at radius 2 is 1.93 bits per heavy atom. The van der Waals surface area contributed by atoms with Crippen molar-refractivity contribution in [1.82, 2.24) is 10.2 Å². The van der Waals surface area contributed by atoms with Gasteiger partial charge in [-0.05, 0) is 38.2 Å². The topological polar surface area (TPSA) is 67.9 Å². The third-order valence-electron chi connectivity index (χ3n) is 5.14. The van der Waals surface area contributed by atoms with E-state index >= 15 is 0 Å². The summed E-state index contributed by atoms with van der Waals surface area (Å²) in [6.45, 7) is 11.8. The molecular weight excluding hydrogens is 344 g/mol. The summed E-state index contributed by atoms with van der Waals surface area (Å²) in [7, 11) is 0. The standard InChI is InChI=1S/C21H32N2O4/c1-6-21(5)15-23(19(25)27-20(2,3)4)13-17(21)12-22-18(24)26-14-16-10-8-7-9-11-16/h7-11,17H,6,12-15H2,1-5H3,(H,22,24)/t17-,21-/m1/s1. The molecule has 2 atom stereocenters. The van der Waals surface area contributed by atoms with E-state index in [2.05, 4.69) is 19.2 Å². The molecule has 0 saturated carbocycles. The lowest BCUT2D eigenvalue weighted by molar-refractivity contribution is 0.0274. The molecule has 0 bridgehead atoms. The average Bonchev–Trinajstić information content (AvgIpc) is 2.95. The summed E-state index contributed by atoms with van der Waals surface area (Å²) in [5.41, 5.74) is 0.365. The van der Waals surface area contributed by atoms with Crippen LogP contribution in [0.4, 0.5) is 9.59 Å². The summed E-state index contributed by atoms with van der Waals surface area (Å²) in [5.74, 6) is 0.152. The minimum atomic E-state index is -0.517. The third-order valence-corrected chi connectivity index (χ3v) is 5.14. The fraction of sp³-hybridized carbons (Fsp3) is 0.619. The number of carbonyl (C=O) groups is 2. The lowest BCUT2D eigenvalue weighted by Gasteiger charge is -2.29. The van der Waals surface area contributed by atoms with Crippen LogP contribution in [0, 0.1) is 11.3 Å². The van der Waals surface area contributed by atoms with Crippen molar-refractivity contribution in [3.63, 3.8) is 0 Å². The molecule has 2 amide bonds. The molecule has 6 nitrogen and oxygen atoms in total. The van der Waals surface area contributed by atoms with Crippen LogP contribution in [0.25, 0.3) is 0 Å². The van der Waals surface area contributed by atoms with Crippen molar-refractivity contribution in [1.29, 1.82) is 0 Å². The first kappa shape index (κ1) is 21.1. The second-order valence-electron chi connectivity index (χ2n) is 8.51. The Morgan fingerprint density at radius 1 is 1.26 bits per heavy atom. The molecule has 1 N–H and O–H groups in total. The number of carbonyl (C=O) groups excluding carboxylic acids is 2. The summed E-state index contributed by atoms with van der Waals surface area (Å²) < 4.78 is 10.8. The van der Waals surface area contributed by atoms with Gasteiger partial charge in [-0.1, -0.05) is 44.2 Å². The third kappa shape index (κ3) is 6.15. The van der Waals surface area contributed by atoms with Gasteiger partial charge in [-0.2, -0.15) is 0 Å². The number of alkyl carbamates (subject to hydrolysis) is 1. The van der Waals surface area contributed by atoms with E-state index in [1.54, 1.807) is 4.90 Å². The largest absolute Gasteiger partial charge is 0.445 e. The van der Waals surface area contributed by atoms with Crippen LogP contribution in [0.1, 0.15) is 46.6 Å². The van der Waals surface area contributed by atoms with E-state index in [0.717, 1.165) is 12.0 Å². The number of rotatable bonds is 5. The highest BCUT2D eigenvalue weighted by Gasteiger charge is 2.44. The summed E-state index contributed by atoms with van der Waals surface area (Å²) in [5, 5.41) is 2.85. The molecule has 0 spiro atoms. The molecule has 6 heteroatoms. The van der Waals surface area contributed by atoms with Gasteiger partial charge in [0, 0.05) is 25.6 Å². The maximum Gasteiger partial charge on any atom is 0.410 e. The quantitative estimate of drug-likeness (QED) is 0.836. The van der Waals surface area contributed by atoms with E-state index in [4.69, 9.17) is 9.47 Å². The van der Waals surface area contributed by atoms with Gasteiger partial charge in [0.2, 0.25) is 0 Å². The van der Waals surface area contributed by atoms with Crippen LogP contribution in [0.2, 0.25) is 0 Å². The molecular formula is C21H32N2O4. The van der Waals surface area contributed by atoms with Crippen molar-refractivity contribution in [2.45, 2.75) is 53.2 Å². The number of nitrogens with zero attached hydrogens (tertiary/aromatic N) is 1. The number of amides is 2. The first-order chi connectivity index (χ1) is 12.6. The molecule has 1 fully saturated rings. The minimum absolute atomic E-state index is 0.0659. The Kier molecular flexibility index (Phi) is 6.73. The number of benzene rings is 1. The zero-order chi connectivity index (χ0) is 20.1. The Labute approximate surface area is 162 Å². The molecule has 0 aromatic heterocycles. The van der Waals surface area contributed by atoms with E-state index in [9.17, 15) is 9.59 Å². The van der Waals surface area contributed by atoms with Gasteiger partial charge in [-0.25, -0.2) is 9.59 Å². The normalized spacial score (nSPS) is 22.4. The Balaban J connectivity index is 1.86. The highest BCUT2D eigenvalue weighted by atomic mass is 16.6. The molecule has 27 heavy (non-hydrogen) atoms. The van der Waals surface area contributed by atoms with Gasteiger partial charge in [-0.15, -0.1) is 0 Å². The first-order valence-electron chi connectivity index (χ1n) is 9.55. The number of ether oxygens (including phenoxy) is 2. The SMILES string of the molecule is CC[C@]1(C)CN(C(=O)OC(C)(C)C)C[C@H]1CNC(=O)OCc1ccccc1. The predicted octanol–water partition coefficient (Wildman–Crippen LogP) is 4.20. The Hall–Kier alpha value is -2.24. The van der Waals surface area contributed by atoms with E-state index in [0.29, 0.717) is 19.6 Å². The monoisotopic (exact) mass is 376 g/mol. The van der Waals surface area contributed by atoms with Gasteiger partial charge < -0.3 is 19.7 Å². The molecule has 0 unspecified atom stereocenters. The average molecular weight is 376 g/mol. The van der Waals surface area contributed by atoms with Crippen LogP contribution in [-0.4, -0.2) is 42.3 Å². The molecule has 1 saturated heterocycles. The van der Waals surface area contributed by atoms with Crippen LogP contribution >= 0.6 is 0 Å². The number of nitrogens with one attached hydrogen (secondary N) is 1. The molecule has 1 aliphatic rings. The van der Waals surface area contributed by atoms with Crippen molar-refractivity contribution >= 4 is 12.2 Å². The van der Waals surface area contributed by atoms with Crippen LogP contribution in [0.15, 0.2) is 30.3 Å². The van der Waals surface area contributed by atoms with Crippen molar-refractivity contribution in [3.8, 4) is 0 Å². The predicted molar refractivity (Wildman–Crippen MR) is 104 cm³/mol. The highest BCUT2D eigenvalue weighted by molar-refractivity contribution is 5.69. The first-order valence-corrected chi connectivity index (χ1v) is 9.55. The molecule has 1 aliphatic heterocycles. The van der Waals surface area contributed by atoms with Crippen LogP contribution < -0.4 is 5.32 Å². The number of hydrogen-bond acceptors (Lipinski definition) is 4. The molecule has 2 rings (SSSR count). The fourth-order valence-electron chi connectivity index (χ4n) is 3.27. The fourth-order valence-corrected chi connectivity index (χ4v) is 3.27. The van der Waals surface area contributed by atoms with E-state index < -0.39 is 11.7 Å². The van der Waals surface area contributed by atoms with Crippen LogP contribution in [0.5, 0.6) is 0 Å². The number of hydrogen-bond donors (Lipinski definition) is 1. The Morgan fingerprint density at radius 3 is 2.52 bits per heavy atom. The molecule has 1 aromatic carbocycles. The van der Waals surface area contributed by atoms with Crippen molar-refractivity contribution in [3.05, 3.63) is 35.9 Å². The van der Waals surface area contributed by atoms with E-state index in [1.807, 2.05) is 51.1 Å². The summed E-state index contributed by atoms with van der Waals surface area (Å²) >= 11 is 0. The summed E-state index contributed by atoms with van der Waals surface area (Å²) in [4.78, 5) is 26.2. The van der Waals surface area contributed by atoms with Crippen molar-refractivity contribution < 1.29 is 19.1 Å². The minimum Gasteiger partial charge on any atom is -0.445 e. The van der Waals surface area contributed by atoms with Crippen molar-refractivity contribution in [2.24, 2.45) is 11.3 Å². The van der Waals surface area contributed by atoms with Crippen LogP contribution in [0.3, 0.4) is 0 Å². The maximum absolute atomic E-state index is 12.4. The van der Waals surface area contributed by atoms with Gasteiger partial charge in [0.25, 0.3) is 0 Å². The van der Waals surface area contributed by atoms with Gasteiger partial charge in [0.15, 0.2) is 0 Å². The van der Waals surface area contributed by atoms with Gasteiger partial charge >= 0.3 is 12.2 Å². The zero-order valence-corrected chi connectivity index (χ0v) is 17.1. The molecule has 0 radical (unpaired) electrons. The highest BCUT2D eigenvalue weighted by Crippen LogP contribution is 2.38. The zero-order valence-electron chi connectivity index (χ0n) is 17.1. The van der Waals surface area contributed by atoms with E-state index in [-0.39, 0.29) is 24.0 Å². The second-order valence-corrected chi connectivity index (χ2v) is 8.51. The van der Waals surface area contributed by atoms with Gasteiger partial charge in [0.1, 0.15) is 12.2 Å². The number of likely N-dealkylation sites (tertiary alicyclic amines) is 1. The molecule has 0 aliphatic carbocycles. The molecule has 150 valence electrons. The molecule has 1 heterocycles. The summed E-state index contributed by atoms with van der Waals surface area (Å²) in [6.07, 6.45) is 0.182. The van der Waals surface area contributed by atoms with Crippen molar-refractivity contribution in [2.75, 3.05) is 19.6 Å². The van der Waals surface area contributed by atoms with Crippen LogP contribution in [-0.2, 0) is 16.1 Å². The summed E-state index contributed by atoms with van der Waals surface area (Å²) in [6, 6.07) is 9.57. The van der Waals surface area contributed by atoms with Gasteiger partial charge in [0.05, 0.1) is 0 Å². The lowest BCUT2D eigenvalue weighted by Crippen LogP contribution is -2.37. The lowest BCUT2D eigenvalue weighted by atomic mass is 9.78. The Bertz CT molecular complexity index is 641. The van der Waals surface area contributed by atoms with Gasteiger partial charge in [-0.3, -0.25) is 0 Å². The molecule has 1 aromatic rings. The second kappa shape index (κ2) is 8.63.